The molecule has 0 amide bonds. The number of nitrogen functional groups attached to an aromatic ring is 1. The lowest BCUT2D eigenvalue weighted by molar-refractivity contribution is 0.103. The van der Waals surface area contributed by atoms with Crippen molar-refractivity contribution in [1.82, 2.24) is 24.5 Å². The summed E-state index contributed by atoms with van der Waals surface area (Å²) in [6, 6.07) is 12.7. The number of para-hydroxylation sites is 1. The van der Waals surface area contributed by atoms with Crippen LogP contribution in [0.15, 0.2) is 60.9 Å². The van der Waals surface area contributed by atoms with Gasteiger partial charge in [-0.05, 0) is 55.7 Å². The molecule has 12 heteroatoms. The van der Waals surface area contributed by atoms with E-state index in [1.54, 1.807) is 37.3 Å². The lowest BCUT2D eigenvalue weighted by Gasteiger charge is -2.11. The van der Waals surface area contributed by atoms with Crippen LogP contribution in [0.2, 0.25) is 0 Å². The van der Waals surface area contributed by atoms with Crippen molar-refractivity contribution in [3.8, 4) is 17.3 Å². The number of aromatic amines is 1. The number of hydrogen-bond donors (Lipinski definition) is 4. The number of nitrogens with two attached hydrogens (primary N) is 1. The van der Waals surface area contributed by atoms with Crippen LogP contribution in [-0.2, 0) is 0 Å². The van der Waals surface area contributed by atoms with Gasteiger partial charge in [-0.3, -0.25) is 4.79 Å². The number of hydrogen-bond acceptors (Lipinski definition) is 8. The summed E-state index contributed by atoms with van der Waals surface area (Å²) >= 11 is 1.24. The van der Waals surface area contributed by atoms with Crippen molar-refractivity contribution in [3.05, 3.63) is 89.4 Å². The fraction of sp³-hybridized carbons (Fsp3) is 0.148. The second kappa shape index (κ2) is 10.0. The van der Waals surface area contributed by atoms with E-state index in [1.807, 2.05) is 0 Å². The van der Waals surface area contributed by atoms with Crippen molar-refractivity contribution < 1.29 is 18.3 Å². The van der Waals surface area contributed by atoms with Gasteiger partial charge in [0.2, 0.25) is 11.7 Å². The van der Waals surface area contributed by atoms with E-state index in [4.69, 9.17) is 10.5 Å². The Hall–Kier alpha value is -4.42. The molecule has 0 bridgehead atoms. The molecular formula is C27H23F2N7O2S. The fourth-order valence-electron chi connectivity index (χ4n) is 4.03. The minimum atomic E-state index is -0.503. The first-order valence-electron chi connectivity index (χ1n) is 12.1. The number of pyridine rings is 1. The Labute approximate surface area is 226 Å². The van der Waals surface area contributed by atoms with E-state index in [9.17, 15) is 13.6 Å². The van der Waals surface area contributed by atoms with Crippen LogP contribution in [0.3, 0.4) is 0 Å². The highest BCUT2D eigenvalue weighted by molar-refractivity contribution is 7.98. The molecule has 9 nitrogen and oxygen atoms in total. The molecule has 2 aromatic carbocycles. The number of nitrogens with zero attached hydrogens (tertiary/aromatic N) is 3. The molecule has 3 heterocycles. The van der Waals surface area contributed by atoms with Crippen LogP contribution in [0.5, 0.6) is 11.6 Å². The van der Waals surface area contributed by atoms with E-state index < -0.39 is 11.6 Å². The molecule has 0 aliphatic heterocycles. The highest BCUT2D eigenvalue weighted by atomic mass is 32.2. The normalized spacial score (nSPS) is 13.1. The van der Waals surface area contributed by atoms with Gasteiger partial charge in [0.1, 0.15) is 11.6 Å². The van der Waals surface area contributed by atoms with Crippen molar-refractivity contribution in [1.29, 1.82) is 0 Å². The van der Waals surface area contributed by atoms with Gasteiger partial charge in [-0.1, -0.05) is 12.1 Å². The number of aryl methyl sites for hydroxylation is 1. The number of fused-ring (bicyclic) bond motifs is 1. The van der Waals surface area contributed by atoms with Crippen molar-refractivity contribution in [2.45, 2.75) is 25.8 Å². The Kier molecular flexibility index (Phi) is 6.41. The minimum absolute atomic E-state index is 0.0541. The number of ketones is 1. The predicted octanol–water partition coefficient (Wildman–Crippen LogP) is 5.67. The number of nitrogens with one attached hydrogen (secondary N) is 3. The average molecular weight is 548 g/mol. The summed E-state index contributed by atoms with van der Waals surface area (Å²) in [4.78, 5) is 20.6. The molecule has 1 saturated carbocycles. The van der Waals surface area contributed by atoms with Gasteiger partial charge in [0.15, 0.2) is 11.6 Å². The van der Waals surface area contributed by atoms with Crippen molar-refractivity contribution in [3.63, 3.8) is 0 Å². The number of halogens is 2. The summed E-state index contributed by atoms with van der Waals surface area (Å²) < 4.78 is 41.6. The number of ether oxygens (including phenoxy) is 1. The van der Waals surface area contributed by atoms with Crippen molar-refractivity contribution in [2.75, 3.05) is 10.5 Å². The van der Waals surface area contributed by atoms with E-state index in [-0.39, 0.29) is 34.5 Å². The summed E-state index contributed by atoms with van der Waals surface area (Å²) in [5, 5.41) is 4.85. The van der Waals surface area contributed by atoms with E-state index >= 15 is 0 Å². The molecule has 6 rings (SSSR count). The van der Waals surface area contributed by atoms with Crippen LogP contribution >= 0.6 is 12.1 Å². The molecule has 5 aromatic rings. The van der Waals surface area contributed by atoms with Crippen molar-refractivity contribution in [2.24, 2.45) is 0 Å². The van der Waals surface area contributed by atoms with Gasteiger partial charge in [-0.2, -0.15) is 5.10 Å². The summed E-state index contributed by atoms with van der Waals surface area (Å²) in [5.41, 5.74) is 8.88. The summed E-state index contributed by atoms with van der Waals surface area (Å²) in [6.45, 7) is 1.80. The maximum absolute atomic E-state index is 14.6. The smallest absolute Gasteiger partial charge is 0.219 e. The second-order valence-electron chi connectivity index (χ2n) is 9.22. The molecule has 198 valence electrons. The highest BCUT2D eigenvalue weighted by Gasteiger charge is 2.22. The number of carbonyl (C=O) groups excluding carboxylic acids is 1. The SMILES string of the molecule is Cc1cc(Oc2ccccc2F)ncc1-n1ncc(C(=O)c2cc3cc(F)c(NSNC4CC4)cc3[nH]2)c1N. The third-order valence-electron chi connectivity index (χ3n) is 6.31. The van der Waals surface area contributed by atoms with E-state index in [0.29, 0.717) is 33.9 Å². The molecular weight excluding hydrogens is 524 g/mol. The zero-order valence-electron chi connectivity index (χ0n) is 20.7. The molecule has 1 aliphatic carbocycles. The second-order valence-corrected chi connectivity index (χ2v) is 9.87. The summed E-state index contributed by atoms with van der Waals surface area (Å²) in [7, 11) is 0. The Morgan fingerprint density at radius 1 is 1.15 bits per heavy atom. The zero-order chi connectivity index (χ0) is 27.1. The van der Waals surface area contributed by atoms with E-state index in [2.05, 4.69) is 24.5 Å². The topological polar surface area (TPSA) is 123 Å². The van der Waals surface area contributed by atoms with Gasteiger partial charge < -0.3 is 20.2 Å². The van der Waals surface area contributed by atoms with Gasteiger partial charge in [0, 0.05) is 35.1 Å². The first-order chi connectivity index (χ1) is 18.9. The van der Waals surface area contributed by atoms with Gasteiger partial charge in [0.05, 0.1) is 35.0 Å². The first-order valence-corrected chi connectivity index (χ1v) is 13.0. The number of aromatic nitrogens is 4. The third kappa shape index (κ3) is 5.03. The predicted molar refractivity (Wildman–Crippen MR) is 146 cm³/mol. The molecule has 1 aliphatic rings. The number of benzene rings is 2. The lowest BCUT2D eigenvalue weighted by atomic mass is 10.1. The molecule has 5 N–H and O–H groups in total. The first kappa shape index (κ1) is 24.9. The van der Waals surface area contributed by atoms with Crippen LogP contribution in [-0.4, -0.2) is 31.6 Å². The molecule has 3 aromatic heterocycles. The highest BCUT2D eigenvalue weighted by Crippen LogP contribution is 2.30. The molecule has 0 spiro atoms. The molecule has 0 unspecified atom stereocenters. The number of rotatable bonds is 9. The molecule has 0 radical (unpaired) electrons. The lowest BCUT2D eigenvalue weighted by Crippen LogP contribution is -2.09. The van der Waals surface area contributed by atoms with Crippen LogP contribution in [0, 0.1) is 18.6 Å². The van der Waals surface area contributed by atoms with Gasteiger partial charge >= 0.3 is 0 Å². The fourth-order valence-corrected chi connectivity index (χ4v) is 4.76. The van der Waals surface area contributed by atoms with Crippen LogP contribution < -0.4 is 19.9 Å². The number of anilines is 2. The molecule has 0 atom stereocenters. The van der Waals surface area contributed by atoms with Gasteiger partial charge in [0.25, 0.3) is 0 Å². The van der Waals surface area contributed by atoms with Crippen LogP contribution in [0.4, 0.5) is 20.3 Å². The largest absolute Gasteiger partial charge is 0.436 e. The summed E-state index contributed by atoms with van der Waals surface area (Å²) in [5.74, 6) is -0.953. The minimum Gasteiger partial charge on any atom is -0.436 e. The molecule has 1 fully saturated rings. The maximum Gasteiger partial charge on any atom is 0.219 e. The van der Waals surface area contributed by atoms with Crippen LogP contribution in [0.1, 0.15) is 34.5 Å². The van der Waals surface area contributed by atoms with Crippen molar-refractivity contribution >= 4 is 40.3 Å². The van der Waals surface area contributed by atoms with Gasteiger partial charge in [-0.25, -0.2) is 23.2 Å². The standard InChI is InChI=1S/C27H23F2N7O2S/c1-14-8-25(38-24-5-3-2-4-18(24)28)31-13-23(14)36-27(30)17(12-32-36)26(37)22-10-15-9-19(29)21(11-20(15)33-22)35-39-34-16-6-7-16/h2-5,8-13,16,33-35H,6-7,30H2,1H3. The Balaban J connectivity index is 1.23. The Bertz CT molecular complexity index is 1710. The number of H-pyrrole nitrogens is 1. The van der Waals surface area contributed by atoms with E-state index in [0.717, 1.165) is 12.8 Å². The molecule has 39 heavy (non-hydrogen) atoms. The van der Waals surface area contributed by atoms with Gasteiger partial charge in [-0.15, -0.1) is 0 Å². The third-order valence-corrected chi connectivity index (χ3v) is 7.08. The Morgan fingerprint density at radius 2 is 1.97 bits per heavy atom. The average Bonchev–Trinajstić information content (AvgIpc) is 3.53. The zero-order valence-corrected chi connectivity index (χ0v) is 21.5. The monoisotopic (exact) mass is 547 g/mol. The van der Waals surface area contributed by atoms with E-state index in [1.165, 1.54) is 47.4 Å². The summed E-state index contributed by atoms with van der Waals surface area (Å²) in [6.07, 6.45) is 5.09. The Morgan fingerprint density at radius 3 is 2.74 bits per heavy atom. The quantitative estimate of drug-likeness (QED) is 0.138. The number of carbonyl (C=O) groups is 1. The molecule has 0 saturated heterocycles. The maximum atomic E-state index is 14.6. The van der Waals surface area contributed by atoms with Crippen LogP contribution in [0.25, 0.3) is 16.6 Å².